The largest absolute Gasteiger partial charge is 0.396 e. The zero-order valence-electron chi connectivity index (χ0n) is 7.98. The Kier molecular flexibility index (Phi) is 2.36. The molecule has 0 spiro atoms. The highest BCUT2D eigenvalue weighted by Crippen LogP contribution is 2.55. The van der Waals surface area contributed by atoms with E-state index < -0.39 is 0 Å². The Hall–Kier alpha value is -0.820. The molecular formula is C12H16O. The minimum Gasteiger partial charge on any atom is -0.396 e. The summed E-state index contributed by atoms with van der Waals surface area (Å²) in [7, 11) is 0. The van der Waals surface area contributed by atoms with Crippen molar-refractivity contribution in [3.8, 4) is 0 Å². The number of aliphatic hydroxyl groups is 1. The molecule has 0 aromatic heterocycles. The van der Waals surface area contributed by atoms with Crippen LogP contribution in [0.4, 0.5) is 0 Å². The molecule has 1 heteroatoms. The minimum absolute atomic E-state index is 0.345. The molecule has 1 saturated carbocycles. The van der Waals surface area contributed by atoms with Crippen molar-refractivity contribution in [1.29, 1.82) is 0 Å². The third-order valence-corrected chi connectivity index (χ3v) is 3.20. The molecule has 2 rings (SSSR count). The second-order valence-electron chi connectivity index (χ2n) is 3.85. The second kappa shape index (κ2) is 3.51. The maximum Gasteiger partial charge on any atom is 0.0468 e. The summed E-state index contributed by atoms with van der Waals surface area (Å²) in [4.78, 5) is 0. The van der Waals surface area contributed by atoms with Gasteiger partial charge in [0, 0.05) is 6.61 Å². The molecular weight excluding hydrogens is 160 g/mol. The summed E-state index contributed by atoms with van der Waals surface area (Å²) in [5.74, 6) is 1.86. The van der Waals surface area contributed by atoms with E-state index in [0.717, 1.165) is 0 Å². The smallest absolute Gasteiger partial charge is 0.0468 e. The van der Waals surface area contributed by atoms with Gasteiger partial charge in [-0.2, -0.15) is 0 Å². The van der Waals surface area contributed by atoms with Crippen molar-refractivity contribution in [2.45, 2.75) is 19.3 Å². The molecule has 0 unspecified atom stereocenters. The summed E-state index contributed by atoms with van der Waals surface area (Å²) >= 11 is 0. The van der Waals surface area contributed by atoms with Crippen LogP contribution in [0.1, 0.15) is 24.8 Å². The van der Waals surface area contributed by atoms with Crippen LogP contribution >= 0.6 is 0 Å². The summed E-state index contributed by atoms with van der Waals surface area (Å²) in [6, 6.07) is 10.5. The Labute approximate surface area is 79.4 Å². The predicted molar refractivity (Wildman–Crippen MR) is 53.5 cm³/mol. The molecule has 3 atom stereocenters. The highest BCUT2D eigenvalue weighted by atomic mass is 16.3. The van der Waals surface area contributed by atoms with E-state index in [9.17, 15) is 0 Å². The first-order valence-corrected chi connectivity index (χ1v) is 5.04. The first-order valence-electron chi connectivity index (χ1n) is 5.04. The van der Waals surface area contributed by atoms with Gasteiger partial charge in [0.15, 0.2) is 0 Å². The van der Waals surface area contributed by atoms with Gasteiger partial charge in [0.2, 0.25) is 0 Å². The normalized spacial score (nSPS) is 31.7. The van der Waals surface area contributed by atoms with E-state index in [1.54, 1.807) is 0 Å². The van der Waals surface area contributed by atoms with Crippen LogP contribution in [0, 0.1) is 11.8 Å². The molecule has 0 heterocycles. The fourth-order valence-corrected chi connectivity index (χ4v) is 2.42. The van der Waals surface area contributed by atoms with Gasteiger partial charge in [0.25, 0.3) is 0 Å². The lowest BCUT2D eigenvalue weighted by molar-refractivity contribution is 0.266. The lowest BCUT2D eigenvalue weighted by Gasteiger charge is -1.97. The molecule has 0 aliphatic heterocycles. The van der Waals surface area contributed by atoms with Crippen LogP contribution in [0.5, 0.6) is 0 Å². The predicted octanol–water partition coefficient (Wildman–Crippen LogP) is 2.42. The Morgan fingerprint density at radius 3 is 2.31 bits per heavy atom. The van der Waals surface area contributed by atoms with Crippen molar-refractivity contribution in [3.63, 3.8) is 0 Å². The monoisotopic (exact) mass is 176 g/mol. The first-order chi connectivity index (χ1) is 6.38. The second-order valence-corrected chi connectivity index (χ2v) is 3.85. The quantitative estimate of drug-likeness (QED) is 0.750. The van der Waals surface area contributed by atoms with Crippen LogP contribution in [0.3, 0.4) is 0 Å². The number of rotatable bonds is 3. The van der Waals surface area contributed by atoms with E-state index in [1.165, 1.54) is 12.0 Å². The topological polar surface area (TPSA) is 20.2 Å². The van der Waals surface area contributed by atoms with Crippen molar-refractivity contribution < 1.29 is 5.11 Å². The van der Waals surface area contributed by atoms with Crippen LogP contribution < -0.4 is 0 Å². The summed E-state index contributed by atoms with van der Waals surface area (Å²) in [6.45, 7) is 2.55. The molecule has 1 nitrogen and oxygen atoms in total. The fourth-order valence-electron chi connectivity index (χ4n) is 2.42. The van der Waals surface area contributed by atoms with Crippen LogP contribution in [-0.4, -0.2) is 11.7 Å². The third kappa shape index (κ3) is 1.49. The van der Waals surface area contributed by atoms with Crippen molar-refractivity contribution in [2.75, 3.05) is 6.61 Å². The Morgan fingerprint density at radius 2 is 1.85 bits per heavy atom. The van der Waals surface area contributed by atoms with E-state index in [1.807, 2.05) is 6.07 Å². The van der Waals surface area contributed by atoms with Crippen LogP contribution in [0.2, 0.25) is 0 Å². The van der Waals surface area contributed by atoms with Gasteiger partial charge in [-0.25, -0.2) is 0 Å². The average molecular weight is 176 g/mol. The highest BCUT2D eigenvalue weighted by Gasteiger charge is 2.48. The number of benzene rings is 1. The van der Waals surface area contributed by atoms with Crippen LogP contribution in [-0.2, 0) is 0 Å². The zero-order chi connectivity index (χ0) is 9.26. The molecule has 70 valence electrons. The molecule has 13 heavy (non-hydrogen) atoms. The molecule has 0 amide bonds. The van der Waals surface area contributed by atoms with Crippen molar-refractivity contribution in [3.05, 3.63) is 35.9 Å². The van der Waals surface area contributed by atoms with Gasteiger partial charge in [-0.15, -0.1) is 0 Å². The molecule has 0 radical (unpaired) electrons. The fraction of sp³-hybridized carbons (Fsp3) is 0.500. The highest BCUT2D eigenvalue weighted by molar-refractivity contribution is 5.27. The molecule has 1 N–H and O–H groups in total. The summed E-state index contributed by atoms with van der Waals surface area (Å²) in [6.07, 6.45) is 1.19. The van der Waals surface area contributed by atoms with Gasteiger partial charge in [-0.05, 0) is 23.3 Å². The van der Waals surface area contributed by atoms with Gasteiger partial charge < -0.3 is 5.11 Å². The van der Waals surface area contributed by atoms with E-state index in [-0.39, 0.29) is 0 Å². The SMILES string of the molecule is CC[C@@H]1[C@H](CO)[C@@H]1c1ccccc1. The maximum atomic E-state index is 9.14. The van der Waals surface area contributed by atoms with Gasteiger partial charge >= 0.3 is 0 Å². The Bertz CT molecular complexity index is 258. The number of hydrogen-bond donors (Lipinski definition) is 1. The third-order valence-electron chi connectivity index (χ3n) is 3.20. The van der Waals surface area contributed by atoms with E-state index in [2.05, 4.69) is 31.2 Å². The zero-order valence-corrected chi connectivity index (χ0v) is 7.98. The van der Waals surface area contributed by atoms with Crippen molar-refractivity contribution >= 4 is 0 Å². The van der Waals surface area contributed by atoms with E-state index in [4.69, 9.17) is 5.11 Å². The molecule has 1 fully saturated rings. The first kappa shape index (κ1) is 8.76. The standard InChI is InChI=1S/C12H16O/c1-2-10-11(8-13)12(10)9-6-4-3-5-7-9/h3-7,10-13H,2,8H2,1H3/t10-,11+,12-/m1/s1. The van der Waals surface area contributed by atoms with Crippen LogP contribution in [0.25, 0.3) is 0 Å². The van der Waals surface area contributed by atoms with Crippen molar-refractivity contribution in [1.82, 2.24) is 0 Å². The molecule has 0 saturated heterocycles. The average Bonchev–Trinajstić information content (AvgIpc) is 2.92. The lowest BCUT2D eigenvalue weighted by Crippen LogP contribution is -1.88. The molecule has 0 bridgehead atoms. The van der Waals surface area contributed by atoms with Crippen LogP contribution in [0.15, 0.2) is 30.3 Å². The van der Waals surface area contributed by atoms with E-state index >= 15 is 0 Å². The van der Waals surface area contributed by atoms with Gasteiger partial charge in [0.1, 0.15) is 0 Å². The Balaban J connectivity index is 2.12. The van der Waals surface area contributed by atoms with Crippen molar-refractivity contribution in [2.24, 2.45) is 11.8 Å². The molecule has 1 aliphatic carbocycles. The molecule has 1 aliphatic rings. The maximum absolute atomic E-state index is 9.14. The van der Waals surface area contributed by atoms with E-state index in [0.29, 0.717) is 24.4 Å². The van der Waals surface area contributed by atoms with Gasteiger partial charge in [-0.1, -0.05) is 43.7 Å². The summed E-state index contributed by atoms with van der Waals surface area (Å²) in [5, 5.41) is 9.14. The minimum atomic E-state index is 0.345. The summed E-state index contributed by atoms with van der Waals surface area (Å²) in [5.41, 5.74) is 1.40. The molecule has 1 aromatic rings. The van der Waals surface area contributed by atoms with Gasteiger partial charge in [-0.3, -0.25) is 0 Å². The number of aliphatic hydroxyl groups excluding tert-OH is 1. The molecule has 1 aromatic carbocycles. The van der Waals surface area contributed by atoms with Gasteiger partial charge in [0.05, 0.1) is 0 Å². The lowest BCUT2D eigenvalue weighted by atomic mass is 10.1. The number of hydrogen-bond acceptors (Lipinski definition) is 1. The summed E-state index contributed by atoms with van der Waals surface area (Å²) < 4.78 is 0. The Morgan fingerprint density at radius 1 is 1.15 bits per heavy atom.